The van der Waals surface area contributed by atoms with Crippen molar-refractivity contribution in [3.05, 3.63) is 29.8 Å². The van der Waals surface area contributed by atoms with E-state index in [1.54, 1.807) is 43.1 Å². The molecule has 0 heterocycles. The third-order valence-electron chi connectivity index (χ3n) is 2.97. The van der Waals surface area contributed by atoms with E-state index in [0.29, 0.717) is 17.9 Å². The Kier molecular flexibility index (Phi) is 8.66. The molecule has 0 aliphatic carbocycles. The maximum Gasteiger partial charge on any atom is 0.263 e. The first-order chi connectivity index (χ1) is 9.45. The number of nitrogens with zero attached hydrogens (tertiary/aromatic N) is 1. The minimum atomic E-state index is -0.584. The number of carbonyl (C=O) groups excluding carboxylic acids is 2. The molecule has 0 aliphatic rings. The second-order valence-electron chi connectivity index (χ2n) is 4.71. The third-order valence-corrected chi connectivity index (χ3v) is 2.97. The zero-order valence-electron chi connectivity index (χ0n) is 12.9. The van der Waals surface area contributed by atoms with Crippen molar-refractivity contribution < 1.29 is 14.3 Å². The van der Waals surface area contributed by atoms with Gasteiger partial charge in [0.2, 0.25) is 0 Å². The SMILES string of the molecule is CNCCN(C)C(=O)C(C)Oc1cccc(C(C)=O)c1.Cl. The van der Waals surface area contributed by atoms with Crippen LogP contribution >= 0.6 is 12.4 Å². The van der Waals surface area contributed by atoms with E-state index >= 15 is 0 Å². The van der Waals surface area contributed by atoms with E-state index in [1.807, 2.05) is 7.05 Å². The summed E-state index contributed by atoms with van der Waals surface area (Å²) < 4.78 is 5.60. The smallest absolute Gasteiger partial charge is 0.263 e. The molecule has 0 radical (unpaired) electrons. The molecule has 0 fully saturated rings. The fourth-order valence-electron chi connectivity index (χ4n) is 1.74. The number of carbonyl (C=O) groups is 2. The maximum atomic E-state index is 12.1. The lowest BCUT2D eigenvalue weighted by Crippen LogP contribution is -2.40. The Balaban J connectivity index is 0.00000400. The highest BCUT2D eigenvalue weighted by molar-refractivity contribution is 5.94. The van der Waals surface area contributed by atoms with Crippen LogP contribution in [0.5, 0.6) is 5.75 Å². The normalized spacial score (nSPS) is 11.2. The second-order valence-corrected chi connectivity index (χ2v) is 4.71. The highest BCUT2D eigenvalue weighted by Crippen LogP contribution is 2.16. The predicted molar refractivity (Wildman–Crippen MR) is 85.3 cm³/mol. The molecule has 1 atom stereocenters. The molecular formula is C15H23ClN2O3. The van der Waals surface area contributed by atoms with Gasteiger partial charge >= 0.3 is 0 Å². The van der Waals surface area contributed by atoms with Crippen molar-refractivity contribution in [3.63, 3.8) is 0 Å². The summed E-state index contributed by atoms with van der Waals surface area (Å²) in [5.41, 5.74) is 0.575. The van der Waals surface area contributed by atoms with Gasteiger partial charge in [-0.1, -0.05) is 12.1 Å². The number of nitrogens with one attached hydrogen (secondary N) is 1. The van der Waals surface area contributed by atoms with Crippen LogP contribution < -0.4 is 10.1 Å². The molecule has 1 N–H and O–H groups in total. The number of ketones is 1. The van der Waals surface area contributed by atoms with E-state index < -0.39 is 6.10 Å². The molecule has 5 nitrogen and oxygen atoms in total. The molecule has 0 aliphatic heterocycles. The molecule has 21 heavy (non-hydrogen) atoms. The molecule has 0 aromatic heterocycles. The van der Waals surface area contributed by atoms with E-state index in [1.165, 1.54) is 6.92 Å². The summed E-state index contributed by atoms with van der Waals surface area (Å²) in [6, 6.07) is 6.86. The van der Waals surface area contributed by atoms with Crippen molar-refractivity contribution in [1.82, 2.24) is 10.2 Å². The summed E-state index contributed by atoms with van der Waals surface area (Å²) in [5.74, 6) is 0.412. The summed E-state index contributed by atoms with van der Waals surface area (Å²) in [6.45, 7) is 4.56. The lowest BCUT2D eigenvalue weighted by molar-refractivity contribution is -0.136. The predicted octanol–water partition coefficient (Wildman–Crippen LogP) is 1.76. The summed E-state index contributed by atoms with van der Waals surface area (Å²) in [6.07, 6.45) is -0.584. The van der Waals surface area contributed by atoms with Crippen molar-refractivity contribution in [2.24, 2.45) is 0 Å². The molecule has 1 aromatic carbocycles. The first-order valence-corrected chi connectivity index (χ1v) is 6.63. The quantitative estimate of drug-likeness (QED) is 0.779. The average Bonchev–Trinajstić information content (AvgIpc) is 2.44. The Hall–Kier alpha value is -1.59. The van der Waals surface area contributed by atoms with Crippen LogP contribution in [-0.2, 0) is 4.79 Å². The zero-order chi connectivity index (χ0) is 15.1. The first kappa shape index (κ1) is 19.4. The molecule has 1 rings (SSSR count). The van der Waals surface area contributed by atoms with Gasteiger partial charge in [0.15, 0.2) is 11.9 Å². The van der Waals surface area contributed by atoms with Crippen LogP contribution in [0.3, 0.4) is 0 Å². The Morgan fingerprint density at radius 1 is 1.38 bits per heavy atom. The van der Waals surface area contributed by atoms with Crippen LogP contribution in [0.15, 0.2) is 24.3 Å². The molecule has 0 spiro atoms. The van der Waals surface area contributed by atoms with Gasteiger partial charge in [-0.2, -0.15) is 0 Å². The van der Waals surface area contributed by atoms with Gasteiger partial charge in [-0.3, -0.25) is 9.59 Å². The Morgan fingerprint density at radius 2 is 2.05 bits per heavy atom. The Labute approximate surface area is 132 Å². The molecule has 6 heteroatoms. The van der Waals surface area contributed by atoms with Gasteiger partial charge in [-0.05, 0) is 33.0 Å². The van der Waals surface area contributed by atoms with E-state index in [0.717, 1.165) is 6.54 Å². The number of likely N-dealkylation sites (N-methyl/N-ethyl adjacent to an activating group) is 2. The topological polar surface area (TPSA) is 58.6 Å². The summed E-state index contributed by atoms with van der Waals surface area (Å²) in [7, 11) is 3.58. The van der Waals surface area contributed by atoms with Gasteiger partial charge in [0, 0.05) is 25.7 Å². The number of Topliss-reactive ketones (excluding diaryl/α,β-unsaturated/α-hetero) is 1. The minimum absolute atomic E-state index is 0. The van der Waals surface area contributed by atoms with Gasteiger partial charge in [0.1, 0.15) is 5.75 Å². The number of benzene rings is 1. The summed E-state index contributed by atoms with van der Waals surface area (Å²) >= 11 is 0. The van der Waals surface area contributed by atoms with Crippen LogP contribution in [0, 0.1) is 0 Å². The Bertz CT molecular complexity index is 480. The number of amides is 1. The van der Waals surface area contributed by atoms with Crippen molar-refractivity contribution >= 4 is 24.1 Å². The van der Waals surface area contributed by atoms with Crippen molar-refractivity contribution in [2.45, 2.75) is 20.0 Å². The van der Waals surface area contributed by atoms with Crippen molar-refractivity contribution in [1.29, 1.82) is 0 Å². The lowest BCUT2D eigenvalue weighted by atomic mass is 10.1. The third kappa shape index (κ3) is 6.14. The molecule has 1 amide bonds. The molecular weight excluding hydrogens is 292 g/mol. The molecule has 118 valence electrons. The van der Waals surface area contributed by atoms with Crippen LogP contribution in [-0.4, -0.2) is 49.9 Å². The highest BCUT2D eigenvalue weighted by Gasteiger charge is 2.18. The van der Waals surface area contributed by atoms with E-state index in [4.69, 9.17) is 4.74 Å². The van der Waals surface area contributed by atoms with Gasteiger partial charge < -0.3 is 15.0 Å². The molecule has 0 saturated carbocycles. The molecule has 1 aromatic rings. The van der Waals surface area contributed by atoms with E-state index in [-0.39, 0.29) is 24.1 Å². The number of hydrogen-bond acceptors (Lipinski definition) is 4. The molecule has 0 bridgehead atoms. The van der Waals surface area contributed by atoms with Gasteiger partial charge in [-0.25, -0.2) is 0 Å². The monoisotopic (exact) mass is 314 g/mol. The van der Waals surface area contributed by atoms with Crippen LogP contribution in [0.2, 0.25) is 0 Å². The number of ether oxygens (including phenoxy) is 1. The van der Waals surface area contributed by atoms with Crippen LogP contribution in [0.25, 0.3) is 0 Å². The first-order valence-electron chi connectivity index (χ1n) is 6.63. The number of halogens is 1. The second kappa shape index (κ2) is 9.37. The number of hydrogen-bond donors (Lipinski definition) is 1. The zero-order valence-corrected chi connectivity index (χ0v) is 13.7. The highest BCUT2D eigenvalue weighted by atomic mass is 35.5. The minimum Gasteiger partial charge on any atom is -0.481 e. The lowest BCUT2D eigenvalue weighted by Gasteiger charge is -2.22. The van der Waals surface area contributed by atoms with Crippen molar-refractivity contribution in [3.8, 4) is 5.75 Å². The molecule has 1 unspecified atom stereocenters. The standard InChI is InChI=1S/C15H22N2O3.ClH/c1-11(18)13-6-5-7-14(10-13)20-12(2)15(19)17(4)9-8-16-3;/h5-7,10,12,16H,8-9H2,1-4H3;1H. The van der Waals surface area contributed by atoms with Crippen LogP contribution in [0.4, 0.5) is 0 Å². The van der Waals surface area contributed by atoms with Gasteiger partial charge in [0.05, 0.1) is 0 Å². The fraction of sp³-hybridized carbons (Fsp3) is 0.467. The van der Waals surface area contributed by atoms with Crippen LogP contribution in [0.1, 0.15) is 24.2 Å². The van der Waals surface area contributed by atoms with E-state index in [9.17, 15) is 9.59 Å². The average molecular weight is 315 g/mol. The maximum absolute atomic E-state index is 12.1. The number of rotatable bonds is 7. The summed E-state index contributed by atoms with van der Waals surface area (Å²) in [5, 5.41) is 2.99. The van der Waals surface area contributed by atoms with Gasteiger partial charge in [-0.15, -0.1) is 12.4 Å². The van der Waals surface area contributed by atoms with Crippen molar-refractivity contribution in [2.75, 3.05) is 27.2 Å². The Morgan fingerprint density at radius 3 is 2.62 bits per heavy atom. The molecule has 0 saturated heterocycles. The fourth-order valence-corrected chi connectivity index (χ4v) is 1.74. The van der Waals surface area contributed by atoms with E-state index in [2.05, 4.69) is 5.32 Å². The largest absolute Gasteiger partial charge is 0.481 e. The van der Waals surface area contributed by atoms with Gasteiger partial charge in [0.25, 0.3) is 5.91 Å². The summed E-state index contributed by atoms with van der Waals surface area (Å²) in [4.78, 5) is 25.0.